The van der Waals surface area contributed by atoms with Crippen LogP contribution in [0.25, 0.3) is 93.6 Å². The minimum absolute atomic E-state index is 0.572. The highest BCUT2D eigenvalue weighted by Crippen LogP contribution is 2.42. The molecule has 0 saturated heterocycles. The number of nitrogens with zero attached hydrogens (tertiary/aromatic N) is 5. The second kappa shape index (κ2) is 11.8. The summed E-state index contributed by atoms with van der Waals surface area (Å²) in [6.45, 7) is 0. The fraction of sp³-hybridized carbons (Fsp3) is 0. The van der Waals surface area contributed by atoms with Crippen molar-refractivity contribution in [1.29, 1.82) is 10.5 Å². The van der Waals surface area contributed by atoms with Crippen molar-refractivity contribution in [3.05, 3.63) is 187 Å². The van der Waals surface area contributed by atoms with Crippen LogP contribution in [0.3, 0.4) is 0 Å². The van der Waals surface area contributed by atoms with E-state index in [1.807, 2.05) is 42.5 Å². The van der Waals surface area contributed by atoms with Gasteiger partial charge in [0.15, 0.2) is 0 Å². The highest BCUT2D eigenvalue weighted by atomic mass is 15.0. The maximum atomic E-state index is 10.2. The van der Waals surface area contributed by atoms with Gasteiger partial charge in [0.05, 0.1) is 67.7 Å². The summed E-state index contributed by atoms with van der Waals surface area (Å²) in [6, 6.07) is 66.0. The van der Waals surface area contributed by atoms with E-state index in [2.05, 4.69) is 159 Å². The molecule has 0 aliphatic carbocycles. The van der Waals surface area contributed by atoms with E-state index in [1.165, 1.54) is 16.2 Å². The second-order valence-corrected chi connectivity index (χ2v) is 13.9. The lowest BCUT2D eigenvalue weighted by atomic mass is 9.98. The van der Waals surface area contributed by atoms with Crippen LogP contribution in [-0.2, 0) is 0 Å². The molecule has 0 unspecified atom stereocenters. The third-order valence-electron chi connectivity index (χ3n) is 11.1. The van der Waals surface area contributed by atoms with Gasteiger partial charge in [-0.15, -0.1) is 0 Å². The zero-order valence-electron chi connectivity index (χ0n) is 29.5. The third kappa shape index (κ3) is 4.39. The molecule has 0 aliphatic rings. The fourth-order valence-electron chi connectivity index (χ4n) is 8.84. The Bertz CT molecular complexity index is 3420. The van der Waals surface area contributed by atoms with E-state index in [0.717, 1.165) is 77.4 Å². The normalized spacial score (nSPS) is 11.6. The average Bonchev–Trinajstić information content (AvgIpc) is 3.89. The summed E-state index contributed by atoms with van der Waals surface area (Å²) in [5.74, 6) is 0. The van der Waals surface area contributed by atoms with E-state index >= 15 is 0 Å². The van der Waals surface area contributed by atoms with Crippen LogP contribution in [0.2, 0.25) is 0 Å². The van der Waals surface area contributed by atoms with Crippen molar-refractivity contribution < 1.29 is 0 Å². The van der Waals surface area contributed by atoms with Crippen molar-refractivity contribution in [3.63, 3.8) is 0 Å². The summed E-state index contributed by atoms with van der Waals surface area (Å²) in [5, 5.41) is 27.1. The molecule has 0 atom stereocenters. The van der Waals surface area contributed by atoms with Gasteiger partial charge in [0.1, 0.15) is 0 Å². The van der Waals surface area contributed by atoms with Crippen LogP contribution in [0.5, 0.6) is 0 Å². The molecule has 8 aromatic carbocycles. The zero-order chi connectivity index (χ0) is 36.6. The Morgan fingerprint density at radius 1 is 0.345 bits per heavy atom. The van der Waals surface area contributed by atoms with Crippen molar-refractivity contribution >= 4 is 65.4 Å². The first kappa shape index (κ1) is 30.7. The van der Waals surface area contributed by atoms with Crippen LogP contribution in [0.1, 0.15) is 11.1 Å². The SMILES string of the molecule is N#Cc1ccc(-n2c3ccccc3c3c(C#N)cccc32)c(-c2ccccc2-n2c3ccccc3c3ccc(-n4c5ccccc5c5ccccc54)cc32)c1. The lowest BCUT2D eigenvalue weighted by Crippen LogP contribution is -2.02. The highest BCUT2D eigenvalue weighted by molar-refractivity contribution is 6.14. The lowest BCUT2D eigenvalue weighted by molar-refractivity contribution is 1.15. The second-order valence-electron chi connectivity index (χ2n) is 13.9. The van der Waals surface area contributed by atoms with Crippen LogP contribution < -0.4 is 0 Å². The molecule has 0 N–H and O–H groups in total. The number of rotatable bonds is 4. The molecular weight excluding hydrogens is 671 g/mol. The van der Waals surface area contributed by atoms with E-state index in [4.69, 9.17) is 0 Å². The Hall–Kier alpha value is -7.86. The number of hydrogen-bond acceptors (Lipinski definition) is 2. The van der Waals surface area contributed by atoms with Crippen LogP contribution in [0.15, 0.2) is 176 Å². The first-order chi connectivity index (χ1) is 27.2. The van der Waals surface area contributed by atoms with E-state index in [1.54, 1.807) is 0 Å². The van der Waals surface area contributed by atoms with E-state index < -0.39 is 0 Å². The van der Waals surface area contributed by atoms with Gasteiger partial charge < -0.3 is 13.7 Å². The van der Waals surface area contributed by atoms with E-state index in [0.29, 0.717) is 11.1 Å². The van der Waals surface area contributed by atoms with Crippen molar-refractivity contribution in [2.45, 2.75) is 0 Å². The van der Waals surface area contributed by atoms with Gasteiger partial charge in [0, 0.05) is 49.1 Å². The first-order valence-corrected chi connectivity index (χ1v) is 18.3. The van der Waals surface area contributed by atoms with E-state index in [-0.39, 0.29) is 0 Å². The third-order valence-corrected chi connectivity index (χ3v) is 11.1. The minimum atomic E-state index is 0.572. The van der Waals surface area contributed by atoms with Gasteiger partial charge in [-0.3, -0.25) is 0 Å². The Morgan fingerprint density at radius 3 is 1.55 bits per heavy atom. The molecule has 0 aliphatic heterocycles. The van der Waals surface area contributed by atoms with Crippen LogP contribution in [-0.4, -0.2) is 13.7 Å². The number of fused-ring (bicyclic) bond motifs is 9. The number of para-hydroxylation sites is 5. The molecule has 0 fully saturated rings. The average molecular weight is 700 g/mol. The van der Waals surface area contributed by atoms with Crippen molar-refractivity contribution in [2.24, 2.45) is 0 Å². The molecule has 0 saturated carbocycles. The van der Waals surface area contributed by atoms with Gasteiger partial charge in [-0.05, 0) is 72.8 Å². The largest absolute Gasteiger partial charge is 0.309 e. The molecule has 5 heteroatoms. The van der Waals surface area contributed by atoms with Crippen LogP contribution >= 0.6 is 0 Å². The summed E-state index contributed by atoms with van der Waals surface area (Å²) in [5.41, 5.74) is 12.6. The van der Waals surface area contributed by atoms with Crippen molar-refractivity contribution in [3.8, 4) is 40.3 Å². The molecule has 254 valence electrons. The minimum Gasteiger partial charge on any atom is -0.309 e. The molecule has 11 rings (SSSR count). The Balaban J connectivity index is 1.22. The number of hydrogen-bond donors (Lipinski definition) is 0. The number of aromatic nitrogens is 3. The molecule has 0 bridgehead atoms. The van der Waals surface area contributed by atoms with Gasteiger partial charge in [0.2, 0.25) is 0 Å². The summed E-state index contributed by atoms with van der Waals surface area (Å²) >= 11 is 0. The van der Waals surface area contributed by atoms with Gasteiger partial charge in [-0.1, -0.05) is 103 Å². The molecule has 0 radical (unpaired) electrons. The molecule has 11 aromatic rings. The fourth-order valence-corrected chi connectivity index (χ4v) is 8.84. The maximum absolute atomic E-state index is 10.2. The predicted molar refractivity (Wildman–Crippen MR) is 224 cm³/mol. The number of nitriles is 2. The number of benzene rings is 8. The van der Waals surface area contributed by atoms with Crippen molar-refractivity contribution in [1.82, 2.24) is 13.7 Å². The molecule has 5 nitrogen and oxygen atoms in total. The molecule has 3 heterocycles. The van der Waals surface area contributed by atoms with Gasteiger partial charge in [-0.25, -0.2) is 0 Å². The Morgan fingerprint density at radius 2 is 0.873 bits per heavy atom. The van der Waals surface area contributed by atoms with Crippen LogP contribution in [0.4, 0.5) is 0 Å². The standard InChI is InChI=1S/C50H29N5/c51-30-32-24-27-47(54-46-22-10-5-17-40(46)50-33(31-52)12-11-23-48(50)54)41(28-32)38-16-4-9-21-45(38)55-44-20-8-3-15-37(44)39-26-25-34(29-49(39)55)53-42-18-6-1-13-35(42)36-14-2-7-19-43(36)53/h1-29H. The highest BCUT2D eigenvalue weighted by Gasteiger charge is 2.22. The molecule has 55 heavy (non-hydrogen) atoms. The Kier molecular flexibility index (Phi) is 6.61. The Labute approximate surface area is 316 Å². The summed E-state index contributed by atoms with van der Waals surface area (Å²) < 4.78 is 6.98. The lowest BCUT2D eigenvalue weighted by Gasteiger charge is -2.19. The first-order valence-electron chi connectivity index (χ1n) is 18.3. The molecule has 0 amide bonds. The van der Waals surface area contributed by atoms with Gasteiger partial charge in [0.25, 0.3) is 0 Å². The predicted octanol–water partition coefficient (Wildman–Crippen LogP) is 12.4. The van der Waals surface area contributed by atoms with Gasteiger partial charge >= 0.3 is 0 Å². The quantitative estimate of drug-likeness (QED) is 0.184. The smallest absolute Gasteiger partial charge is 0.0998 e. The topological polar surface area (TPSA) is 62.4 Å². The summed E-state index contributed by atoms with van der Waals surface area (Å²) in [4.78, 5) is 0. The zero-order valence-corrected chi connectivity index (χ0v) is 29.5. The maximum Gasteiger partial charge on any atom is 0.0998 e. The molecule has 3 aromatic heterocycles. The van der Waals surface area contributed by atoms with Crippen LogP contribution in [0, 0.1) is 22.7 Å². The van der Waals surface area contributed by atoms with E-state index in [9.17, 15) is 10.5 Å². The molecule has 0 spiro atoms. The van der Waals surface area contributed by atoms with Crippen molar-refractivity contribution in [2.75, 3.05) is 0 Å². The van der Waals surface area contributed by atoms with Gasteiger partial charge in [-0.2, -0.15) is 10.5 Å². The summed E-state index contributed by atoms with van der Waals surface area (Å²) in [6.07, 6.45) is 0. The molecular formula is C50H29N5. The monoisotopic (exact) mass is 699 g/mol. The summed E-state index contributed by atoms with van der Waals surface area (Å²) in [7, 11) is 0.